The smallest absolute Gasteiger partial charge is 0.115 e. The maximum absolute atomic E-state index is 9.79. The number of benzene rings is 2. The molecule has 2 heteroatoms. The summed E-state index contributed by atoms with van der Waals surface area (Å²) >= 11 is 0. The lowest BCUT2D eigenvalue weighted by molar-refractivity contribution is 0.0140. The molecule has 4 unspecified atom stereocenters. The van der Waals surface area contributed by atoms with E-state index in [1.807, 2.05) is 55.4 Å². The van der Waals surface area contributed by atoms with Crippen molar-refractivity contribution in [3.8, 4) is 11.5 Å². The Morgan fingerprint density at radius 3 is 0.939 bits per heavy atom. The summed E-state index contributed by atoms with van der Waals surface area (Å²) in [6.45, 7) is 27.8. The third-order valence-electron chi connectivity index (χ3n) is 7.36. The Morgan fingerprint density at radius 1 is 0.455 bits per heavy atom. The highest BCUT2D eigenvalue weighted by Crippen LogP contribution is 2.57. The van der Waals surface area contributed by atoms with Gasteiger partial charge in [-0.1, -0.05) is 114 Å². The van der Waals surface area contributed by atoms with Gasteiger partial charge in [-0.15, -0.1) is 0 Å². The lowest BCUT2D eigenvalue weighted by atomic mass is 9.47. The first-order chi connectivity index (χ1) is 15.8. The summed E-state index contributed by atoms with van der Waals surface area (Å²) in [4.78, 5) is 0. The van der Waals surface area contributed by atoms with Gasteiger partial charge in [0.15, 0.2) is 0 Å². The minimum absolute atomic E-state index is 0.132. The maximum atomic E-state index is 9.79. The van der Waals surface area contributed by atoms with E-state index in [-0.39, 0.29) is 5.41 Å². The van der Waals surface area contributed by atoms with Crippen LogP contribution in [0.3, 0.4) is 0 Å². The normalized spacial score (nSPS) is 24.7. The van der Waals surface area contributed by atoms with Gasteiger partial charge in [-0.25, -0.2) is 0 Å². The van der Waals surface area contributed by atoms with Gasteiger partial charge in [0.05, 0.1) is 0 Å². The highest BCUT2D eigenvalue weighted by atomic mass is 16.3. The molecule has 0 radical (unpaired) electrons. The van der Waals surface area contributed by atoms with E-state index in [1.54, 1.807) is 24.3 Å². The van der Waals surface area contributed by atoms with Crippen LogP contribution in [0.4, 0.5) is 0 Å². The van der Waals surface area contributed by atoms with Crippen molar-refractivity contribution in [1.29, 1.82) is 0 Å². The van der Waals surface area contributed by atoms with Crippen molar-refractivity contribution in [2.24, 2.45) is 29.6 Å². The molecule has 0 heterocycles. The SMILES string of the molecule is CC.CC.CC.CC.CC1C(C)C(C)C(c2ccc(O)cc2)(c2ccc(O)cc2)C(C)C1C. The molecular formula is C31H54O2. The summed E-state index contributed by atoms with van der Waals surface area (Å²) in [6, 6.07) is 15.5. The topological polar surface area (TPSA) is 40.5 Å². The van der Waals surface area contributed by atoms with E-state index in [9.17, 15) is 10.2 Å². The Bertz CT molecular complexity index is 654. The summed E-state index contributed by atoms with van der Waals surface area (Å²) < 4.78 is 0. The zero-order valence-electron chi connectivity index (χ0n) is 23.9. The van der Waals surface area contributed by atoms with Gasteiger partial charge < -0.3 is 10.2 Å². The first-order valence-corrected chi connectivity index (χ1v) is 13.4. The van der Waals surface area contributed by atoms with E-state index in [1.165, 1.54) is 11.1 Å². The van der Waals surface area contributed by atoms with E-state index in [4.69, 9.17) is 0 Å². The van der Waals surface area contributed by atoms with E-state index < -0.39 is 0 Å². The summed E-state index contributed by atoms with van der Waals surface area (Å²) in [7, 11) is 0. The monoisotopic (exact) mass is 458 g/mol. The van der Waals surface area contributed by atoms with Crippen LogP contribution in [0.2, 0.25) is 0 Å². The third-order valence-corrected chi connectivity index (χ3v) is 7.36. The van der Waals surface area contributed by atoms with Gasteiger partial charge in [-0.05, 0) is 65.0 Å². The lowest BCUT2D eigenvalue weighted by Crippen LogP contribution is -2.53. The fraction of sp³-hybridized carbons (Fsp3) is 0.613. The van der Waals surface area contributed by atoms with Crippen LogP contribution in [0.1, 0.15) is 101 Å². The van der Waals surface area contributed by atoms with Crippen LogP contribution in [0.5, 0.6) is 11.5 Å². The molecule has 1 saturated carbocycles. The lowest BCUT2D eigenvalue weighted by Gasteiger charge is -2.56. The van der Waals surface area contributed by atoms with Gasteiger partial charge in [-0.2, -0.15) is 0 Å². The number of phenolic OH excluding ortho intramolecular Hbond substituents is 2. The number of aromatic hydroxyl groups is 2. The molecular weight excluding hydrogens is 404 g/mol. The molecule has 2 N–H and O–H groups in total. The highest BCUT2D eigenvalue weighted by Gasteiger charge is 2.53. The molecule has 190 valence electrons. The summed E-state index contributed by atoms with van der Waals surface area (Å²) in [5.41, 5.74) is 2.37. The van der Waals surface area contributed by atoms with Gasteiger partial charge >= 0.3 is 0 Å². The molecule has 2 aromatic rings. The molecule has 33 heavy (non-hydrogen) atoms. The highest BCUT2D eigenvalue weighted by molar-refractivity contribution is 5.45. The van der Waals surface area contributed by atoms with Crippen molar-refractivity contribution in [1.82, 2.24) is 0 Å². The Kier molecular flexibility index (Phi) is 16.7. The largest absolute Gasteiger partial charge is 0.508 e. The van der Waals surface area contributed by atoms with Crippen LogP contribution in [0.25, 0.3) is 0 Å². The zero-order chi connectivity index (χ0) is 26.4. The Hall–Kier alpha value is -1.96. The average Bonchev–Trinajstić information content (AvgIpc) is 2.88. The van der Waals surface area contributed by atoms with Crippen LogP contribution in [0, 0.1) is 29.6 Å². The molecule has 0 aliphatic heterocycles. The first kappa shape index (κ1) is 33.2. The number of hydrogen-bond donors (Lipinski definition) is 2. The molecule has 3 rings (SSSR count). The van der Waals surface area contributed by atoms with Gasteiger partial charge in [0, 0.05) is 5.41 Å². The fourth-order valence-corrected chi connectivity index (χ4v) is 5.33. The number of hydrogen-bond acceptors (Lipinski definition) is 2. The van der Waals surface area contributed by atoms with Crippen LogP contribution in [-0.4, -0.2) is 10.2 Å². The summed E-state index contributed by atoms with van der Waals surface area (Å²) in [6.07, 6.45) is 0. The van der Waals surface area contributed by atoms with E-state index in [0.29, 0.717) is 41.1 Å². The Morgan fingerprint density at radius 2 is 0.697 bits per heavy atom. The third kappa shape index (κ3) is 7.01. The molecule has 0 aromatic heterocycles. The standard InChI is InChI=1S/C23H30O2.4C2H6/c1-14-15(2)17(4)23(18(5)16(14)3,19-6-10-21(24)11-7-19)20-8-12-22(25)13-9-20;4*1-2/h6-18,24-25H,1-5H3;4*1-2H3. The van der Waals surface area contributed by atoms with Crippen LogP contribution in [0.15, 0.2) is 48.5 Å². The van der Waals surface area contributed by atoms with Crippen molar-refractivity contribution in [2.45, 2.75) is 95.4 Å². The molecule has 2 nitrogen and oxygen atoms in total. The van der Waals surface area contributed by atoms with E-state index >= 15 is 0 Å². The molecule has 1 aliphatic carbocycles. The molecule has 2 aromatic carbocycles. The van der Waals surface area contributed by atoms with Crippen molar-refractivity contribution in [2.75, 3.05) is 0 Å². The predicted molar refractivity (Wildman–Crippen MR) is 148 cm³/mol. The van der Waals surface area contributed by atoms with Crippen LogP contribution in [-0.2, 0) is 5.41 Å². The predicted octanol–water partition coefficient (Wildman–Crippen LogP) is 9.68. The molecule has 1 aliphatic rings. The van der Waals surface area contributed by atoms with Crippen molar-refractivity contribution in [3.05, 3.63) is 59.7 Å². The quantitative estimate of drug-likeness (QED) is 0.470. The van der Waals surface area contributed by atoms with E-state index in [0.717, 1.165) is 0 Å². The summed E-state index contributed by atoms with van der Waals surface area (Å²) in [5.74, 6) is 3.31. The van der Waals surface area contributed by atoms with Gasteiger partial charge in [-0.3, -0.25) is 0 Å². The Balaban J connectivity index is 0. The molecule has 0 saturated heterocycles. The van der Waals surface area contributed by atoms with Gasteiger partial charge in [0.2, 0.25) is 0 Å². The second-order valence-corrected chi connectivity index (χ2v) is 8.12. The minimum Gasteiger partial charge on any atom is -0.508 e. The molecule has 0 bridgehead atoms. The maximum Gasteiger partial charge on any atom is 0.115 e. The summed E-state index contributed by atoms with van der Waals surface area (Å²) in [5, 5.41) is 19.6. The molecule has 0 amide bonds. The molecule has 4 atom stereocenters. The fourth-order valence-electron chi connectivity index (χ4n) is 5.33. The average molecular weight is 459 g/mol. The van der Waals surface area contributed by atoms with E-state index in [2.05, 4.69) is 58.9 Å². The first-order valence-electron chi connectivity index (χ1n) is 13.4. The van der Waals surface area contributed by atoms with Crippen molar-refractivity contribution in [3.63, 3.8) is 0 Å². The zero-order valence-corrected chi connectivity index (χ0v) is 23.9. The second kappa shape index (κ2) is 16.6. The molecule has 1 fully saturated rings. The van der Waals surface area contributed by atoms with Crippen molar-refractivity contribution >= 4 is 0 Å². The van der Waals surface area contributed by atoms with Gasteiger partial charge in [0.1, 0.15) is 11.5 Å². The minimum atomic E-state index is -0.132. The Labute approximate surface area is 206 Å². The van der Waals surface area contributed by atoms with Crippen LogP contribution >= 0.6 is 0 Å². The van der Waals surface area contributed by atoms with Crippen molar-refractivity contribution < 1.29 is 10.2 Å². The van der Waals surface area contributed by atoms with Crippen LogP contribution < -0.4 is 0 Å². The number of rotatable bonds is 2. The molecule has 0 spiro atoms. The van der Waals surface area contributed by atoms with Gasteiger partial charge in [0.25, 0.3) is 0 Å². The second-order valence-electron chi connectivity index (χ2n) is 8.12. The number of phenols is 2.